The van der Waals surface area contributed by atoms with Crippen molar-refractivity contribution in [3.63, 3.8) is 0 Å². The number of rotatable bonds is 17. The van der Waals surface area contributed by atoms with Crippen LogP contribution in [-0.4, -0.2) is 6.54 Å². The monoisotopic (exact) mass is 451 g/mol. The second-order valence-corrected chi connectivity index (χ2v) is 10.6. The molecule has 0 aliphatic carbocycles. The zero-order valence-corrected chi connectivity index (χ0v) is 21.3. The van der Waals surface area contributed by atoms with E-state index >= 15 is 0 Å². The summed E-state index contributed by atoms with van der Waals surface area (Å²) in [5.74, 6) is 0. The fourth-order valence-corrected chi connectivity index (χ4v) is 5.94. The van der Waals surface area contributed by atoms with Crippen LogP contribution >= 0.6 is 11.8 Å². The van der Waals surface area contributed by atoms with Gasteiger partial charge in [0.05, 0.1) is 11.4 Å². The van der Waals surface area contributed by atoms with Crippen molar-refractivity contribution in [2.24, 2.45) is 0 Å². The highest BCUT2D eigenvalue weighted by Gasteiger charge is 2.21. The molecule has 0 atom stereocenters. The van der Waals surface area contributed by atoms with Crippen LogP contribution in [0.4, 0.5) is 11.4 Å². The van der Waals surface area contributed by atoms with Gasteiger partial charge in [-0.3, -0.25) is 0 Å². The molecule has 2 heteroatoms. The molecule has 176 valence electrons. The molecule has 0 amide bonds. The largest absolute Gasteiger partial charge is 0.340 e. The highest BCUT2D eigenvalue weighted by atomic mass is 32.2. The Morgan fingerprint density at radius 2 is 0.875 bits per heavy atom. The first-order chi connectivity index (χ1) is 15.9. The van der Waals surface area contributed by atoms with E-state index in [2.05, 4.69) is 60.4 Å². The maximum Gasteiger partial charge on any atom is 0.0552 e. The van der Waals surface area contributed by atoms with E-state index in [1.807, 2.05) is 11.8 Å². The summed E-state index contributed by atoms with van der Waals surface area (Å²) >= 11 is 1.91. The Morgan fingerprint density at radius 3 is 1.31 bits per heavy atom. The Morgan fingerprint density at radius 1 is 0.500 bits per heavy atom. The molecule has 1 heterocycles. The van der Waals surface area contributed by atoms with E-state index in [4.69, 9.17) is 0 Å². The van der Waals surface area contributed by atoms with Crippen LogP contribution in [0.2, 0.25) is 0 Å². The standard InChI is InChI=1S/C30H45NS/c1-2-3-4-5-6-7-8-9-10-11-12-13-14-15-16-21-26-31-27-22-17-19-24-29(27)32-30-25-20-18-23-28(30)31/h17-20,22-25H,2-16,21,26H2,1H3. The van der Waals surface area contributed by atoms with Gasteiger partial charge in [-0.15, -0.1) is 0 Å². The molecule has 0 fully saturated rings. The third kappa shape index (κ3) is 8.50. The van der Waals surface area contributed by atoms with Crippen molar-refractivity contribution in [2.75, 3.05) is 11.4 Å². The van der Waals surface area contributed by atoms with Gasteiger partial charge in [0, 0.05) is 16.3 Å². The predicted molar refractivity (Wildman–Crippen MR) is 144 cm³/mol. The summed E-state index contributed by atoms with van der Waals surface area (Å²) in [6.07, 6.45) is 22.8. The number of benzene rings is 2. The summed E-state index contributed by atoms with van der Waals surface area (Å²) in [7, 11) is 0. The van der Waals surface area contributed by atoms with E-state index in [-0.39, 0.29) is 0 Å². The summed E-state index contributed by atoms with van der Waals surface area (Å²) in [6.45, 7) is 3.43. The average Bonchev–Trinajstić information content (AvgIpc) is 2.83. The summed E-state index contributed by atoms with van der Waals surface area (Å²) in [5, 5.41) is 0. The number of hydrogen-bond donors (Lipinski definition) is 0. The minimum absolute atomic E-state index is 1.13. The number of para-hydroxylation sites is 2. The van der Waals surface area contributed by atoms with Gasteiger partial charge in [-0.2, -0.15) is 0 Å². The molecule has 3 rings (SSSR count). The Kier molecular flexibility index (Phi) is 12.2. The molecule has 2 aromatic rings. The quantitative estimate of drug-likeness (QED) is 0.220. The first-order valence-corrected chi connectivity index (χ1v) is 14.3. The lowest BCUT2D eigenvalue weighted by atomic mass is 10.0. The van der Waals surface area contributed by atoms with Gasteiger partial charge >= 0.3 is 0 Å². The normalized spacial score (nSPS) is 12.6. The van der Waals surface area contributed by atoms with Crippen molar-refractivity contribution >= 4 is 23.1 Å². The minimum Gasteiger partial charge on any atom is -0.340 e. The first-order valence-electron chi connectivity index (χ1n) is 13.5. The number of anilines is 2. The third-order valence-electron chi connectivity index (χ3n) is 6.77. The summed E-state index contributed by atoms with van der Waals surface area (Å²) in [6, 6.07) is 17.8. The maximum atomic E-state index is 2.55. The maximum absolute atomic E-state index is 2.55. The Labute approximate surface area is 202 Å². The highest BCUT2D eigenvalue weighted by molar-refractivity contribution is 7.99. The smallest absolute Gasteiger partial charge is 0.0552 e. The lowest BCUT2D eigenvalue weighted by Crippen LogP contribution is -2.21. The van der Waals surface area contributed by atoms with Gasteiger partial charge in [-0.05, 0) is 30.7 Å². The van der Waals surface area contributed by atoms with Gasteiger partial charge in [0.2, 0.25) is 0 Å². The van der Waals surface area contributed by atoms with Crippen LogP contribution in [0.15, 0.2) is 58.3 Å². The van der Waals surface area contributed by atoms with E-state index in [9.17, 15) is 0 Å². The lowest BCUT2D eigenvalue weighted by molar-refractivity contribution is 0.530. The average molecular weight is 452 g/mol. The van der Waals surface area contributed by atoms with E-state index in [0.717, 1.165) is 6.54 Å². The molecule has 1 aliphatic rings. The molecule has 0 aromatic heterocycles. The van der Waals surface area contributed by atoms with Crippen molar-refractivity contribution in [3.8, 4) is 0 Å². The van der Waals surface area contributed by atoms with Gasteiger partial charge in [-0.25, -0.2) is 0 Å². The van der Waals surface area contributed by atoms with Crippen LogP contribution in [0.25, 0.3) is 0 Å². The molecule has 0 unspecified atom stereocenters. The second-order valence-electron chi connectivity index (χ2n) is 9.49. The number of hydrogen-bond acceptors (Lipinski definition) is 2. The van der Waals surface area contributed by atoms with E-state index in [1.165, 1.54) is 124 Å². The van der Waals surface area contributed by atoms with Crippen LogP contribution in [0.5, 0.6) is 0 Å². The molecule has 32 heavy (non-hydrogen) atoms. The van der Waals surface area contributed by atoms with Crippen molar-refractivity contribution in [1.29, 1.82) is 0 Å². The molecule has 0 N–H and O–H groups in total. The Balaban J connectivity index is 1.21. The fourth-order valence-electron chi connectivity index (χ4n) is 4.84. The van der Waals surface area contributed by atoms with Crippen LogP contribution in [-0.2, 0) is 0 Å². The molecular weight excluding hydrogens is 406 g/mol. The molecule has 0 saturated carbocycles. The zero-order valence-electron chi connectivity index (χ0n) is 20.5. The molecule has 0 bridgehead atoms. The van der Waals surface area contributed by atoms with Crippen LogP contribution < -0.4 is 4.90 Å². The molecule has 1 aliphatic heterocycles. The third-order valence-corrected chi connectivity index (χ3v) is 7.90. The molecule has 1 nitrogen and oxygen atoms in total. The SMILES string of the molecule is CCCCCCCCCCCCCCCCCCN1c2ccccc2Sc2ccccc21. The first kappa shape index (κ1) is 25.2. The van der Waals surface area contributed by atoms with E-state index in [0.29, 0.717) is 0 Å². The molecule has 0 spiro atoms. The molecule has 0 radical (unpaired) electrons. The van der Waals surface area contributed by atoms with Gasteiger partial charge in [0.1, 0.15) is 0 Å². The van der Waals surface area contributed by atoms with E-state index in [1.54, 1.807) is 0 Å². The lowest BCUT2D eigenvalue weighted by Gasteiger charge is -2.32. The van der Waals surface area contributed by atoms with Crippen LogP contribution in [0, 0.1) is 0 Å². The summed E-state index contributed by atoms with van der Waals surface area (Å²) in [4.78, 5) is 5.33. The van der Waals surface area contributed by atoms with Gasteiger partial charge in [0.25, 0.3) is 0 Å². The summed E-state index contributed by atoms with van der Waals surface area (Å²) < 4.78 is 0. The fraction of sp³-hybridized carbons (Fsp3) is 0.600. The van der Waals surface area contributed by atoms with Gasteiger partial charge in [0.15, 0.2) is 0 Å². The Bertz CT molecular complexity index is 711. The van der Waals surface area contributed by atoms with E-state index < -0.39 is 0 Å². The predicted octanol–water partition coefficient (Wildman–Crippen LogP) is 10.6. The van der Waals surface area contributed by atoms with Crippen LogP contribution in [0.3, 0.4) is 0 Å². The zero-order chi connectivity index (χ0) is 22.3. The molecular formula is C30H45NS. The molecule has 0 saturated heterocycles. The minimum atomic E-state index is 1.13. The Hall–Kier alpha value is -1.41. The number of fused-ring (bicyclic) bond motifs is 2. The van der Waals surface area contributed by atoms with Crippen molar-refractivity contribution in [3.05, 3.63) is 48.5 Å². The van der Waals surface area contributed by atoms with Crippen molar-refractivity contribution in [2.45, 2.75) is 119 Å². The van der Waals surface area contributed by atoms with Gasteiger partial charge < -0.3 is 4.90 Å². The number of unbranched alkanes of at least 4 members (excludes halogenated alkanes) is 15. The van der Waals surface area contributed by atoms with Crippen molar-refractivity contribution in [1.82, 2.24) is 0 Å². The van der Waals surface area contributed by atoms with Gasteiger partial charge in [-0.1, -0.05) is 139 Å². The number of nitrogens with zero attached hydrogens (tertiary/aromatic N) is 1. The van der Waals surface area contributed by atoms with Crippen LogP contribution in [0.1, 0.15) is 110 Å². The summed E-state index contributed by atoms with van der Waals surface area (Å²) in [5.41, 5.74) is 2.77. The highest BCUT2D eigenvalue weighted by Crippen LogP contribution is 2.47. The second kappa shape index (κ2) is 15.4. The van der Waals surface area contributed by atoms with Crippen molar-refractivity contribution < 1.29 is 0 Å². The topological polar surface area (TPSA) is 3.24 Å². The molecule has 2 aromatic carbocycles.